The molecule has 1 aliphatic heterocycles. The van der Waals surface area contributed by atoms with Crippen LogP contribution in [0.2, 0.25) is 0 Å². The number of nitrogens with zero attached hydrogens (tertiary/aromatic N) is 3. The van der Waals surface area contributed by atoms with Gasteiger partial charge in [0.25, 0.3) is 0 Å². The van der Waals surface area contributed by atoms with Gasteiger partial charge >= 0.3 is 0 Å². The van der Waals surface area contributed by atoms with Gasteiger partial charge in [0.2, 0.25) is 0 Å². The predicted molar refractivity (Wildman–Crippen MR) is 133 cm³/mol. The number of fused-ring (bicyclic) bond motifs is 1. The second-order valence-corrected chi connectivity index (χ2v) is 8.66. The average molecular weight is 446 g/mol. The van der Waals surface area contributed by atoms with Gasteiger partial charge in [-0.15, -0.1) is 0 Å². The highest BCUT2D eigenvalue weighted by molar-refractivity contribution is 7.99. The number of ether oxygens (including phenoxy) is 1. The largest absolute Gasteiger partial charge is 0.378 e. The van der Waals surface area contributed by atoms with E-state index in [0.717, 1.165) is 72.3 Å². The lowest BCUT2D eigenvalue weighted by molar-refractivity contribution is 0.122. The van der Waals surface area contributed by atoms with E-state index in [2.05, 4.69) is 86.1 Å². The minimum atomic E-state index is 0.735. The number of aryl methyl sites for hydroxylation is 1. The van der Waals surface area contributed by atoms with Gasteiger partial charge in [0, 0.05) is 30.2 Å². The Hall–Kier alpha value is -3.03. The van der Waals surface area contributed by atoms with Crippen molar-refractivity contribution in [2.75, 3.05) is 35.9 Å². The summed E-state index contributed by atoms with van der Waals surface area (Å²) in [4.78, 5) is 14.7. The van der Waals surface area contributed by atoms with Crippen LogP contribution in [-0.2, 0) is 16.9 Å². The molecule has 0 bridgehead atoms. The second-order valence-electron chi connectivity index (χ2n) is 7.88. The first-order valence-electron chi connectivity index (χ1n) is 11.0. The lowest BCUT2D eigenvalue weighted by Gasteiger charge is -2.27. The van der Waals surface area contributed by atoms with Crippen LogP contribution in [0.15, 0.2) is 60.9 Å². The van der Waals surface area contributed by atoms with Crippen LogP contribution < -0.4 is 9.62 Å². The summed E-state index contributed by atoms with van der Waals surface area (Å²) >= 11 is 1.70. The van der Waals surface area contributed by atoms with Gasteiger partial charge in [-0.2, -0.15) is 0 Å². The fraction of sp³-hybridized carbons (Fsp3) is 0.280. The average Bonchev–Trinajstić information content (AvgIpc) is 3.30. The summed E-state index contributed by atoms with van der Waals surface area (Å²) in [6.45, 7) is 5.36. The van der Waals surface area contributed by atoms with Gasteiger partial charge in [-0.25, -0.2) is 9.97 Å². The van der Waals surface area contributed by atoms with Crippen LogP contribution in [0.25, 0.3) is 22.3 Å². The van der Waals surface area contributed by atoms with Crippen molar-refractivity contribution in [3.8, 4) is 11.3 Å². The van der Waals surface area contributed by atoms with Crippen LogP contribution in [-0.4, -0.2) is 41.3 Å². The van der Waals surface area contributed by atoms with Crippen LogP contribution in [0.4, 0.5) is 11.5 Å². The van der Waals surface area contributed by atoms with E-state index in [9.17, 15) is 0 Å². The van der Waals surface area contributed by atoms with Crippen LogP contribution in [0.3, 0.4) is 0 Å². The molecule has 3 heterocycles. The molecule has 6 nitrogen and oxygen atoms in total. The van der Waals surface area contributed by atoms with E-state index < -0.39 is 0 Å². The van der Waals surface area contributed by atoms with E-state index >= 15 is 0 Å². The van der Waals surface area contributed by atoms with Crippen molar-refractivity contribution in [2.45, 2.75) is 19.1 Å². The molecule has 1 saturated heterocycles. The molecule has 2 N–H and O–H groups in total. The van der Waals surface area contributed by atoms with Crippen molar-refractivity contribution in [1.82, 2.24) is 15.0 Å². The van der Waals surface area contributed by atoms with E-state index in [0.29, 0.717) is 0 Å². The molecule has 0 spiro atoms. The Morgan fingerprint density at radius 3 is 2.50 bits per heavy atom. The maximum atomic E-state index is 5.48. The van der Waals surface area contributed by atoms with Crippen LogP contribution in [0.5, 0.6) is 0 Å². The van der Waals surface area contributed by atoms with Gasteiger partial charge in [-0.1, -0.05) is 43.3 Å². The molecule has 2 aromatic carbocycles. The quantitative estimate of drug-likeness (QED) is 0.377. The molecular formula is C25H27N5OS. The molecule has 5 rings (SSSR count). The molecule has 0 unspecified atom stereocenters. The van der Waals surface area contributed by atoms with Gasteiger partial charge in [-0.3, -0.25) is 0 Å². The Labute approximate surface area is 192 Å². The van der Waals surface area contributed by atoms with Crippen LogP contribution in [0, 0.1) is 0 Å². The Morgan fingerprint density at radius 2 is 1.75 bits per heavy atom. The molecule has 4 aromatic rings. The lowest BCUT2D eigenvalue weighted by atomic mass is 10.1. The Balaban J connectivity index is 1.26. The van der Waals surface area contributed by atoms with Gasteiger partial charge in [-0.05, 0) is 53.3 Å². The third-order valence-corrected chi connectivity index (χ3v) is 6.63. The molecule has 0 atom stereocenters. The number of hydrogen-bond donors (Lipinski definition) is 2. The summed E-state index contributed by atoms with van der Waals surface area (Å²) in [5, 5.41) is 1.05. The number of morpholine rings is 1. The zero-order valence-corrected chi connectivity index (χ0v) is 19.0. The number of anilines is 2. The van der Waals surface area contributed by atoms with Crippen molar-refractivity contribution in [2.24, 2.45) is 0 Å². The zero-order valence-electron chi connectivity index (χ0n) is 18.2. The number of nitrogens with one attached hydrogen (secondary N) is 2. The minimum absolute atomic E-state index is 0.735. The summed E-state index contributed by atoms with van der Waals surface area (Å²) in [5.41, 5.74) is 6.83. The van der Waals surface area contributed by atoms with E-state index in [1.54, 1.807) is 18.3 Å². The lowest BCUT2D eigenvalue weighted by Crippen LogP contribution is -2.36. The first-order chi connectivity index (χ1) is 15.8. The van der Waals surface area contributed by atoms with Crippen molar-refractivity contribution in [1.29, 1.82) is 0 Å². The maximum absolute atomic E-state index is 5.48. The fourth-order valence-corrected chi connectivity index (χ4v) is 4.64. The highest BCUT2D eigenvalue weighted by Crippen LogP contribution is 2.30. The first-order valence-corrected chi connectivity index (χ1v) is 12.0. The predicted octanol–water partition coefficient (Wildman–Crippen LogP) is 5.28. The van der Waals surface area contributed by atoms with Crippen molar-refractivity contribution in [3.63, 3.8) is 0 Å². The highest BCUT2D eigenvalue weighted by atomic mass is 32.2. The molecule has 0 aliphatic carbocycles. The van der Waals surface area contributed by atoms with Crippen LogP contribution >= 0.6 is 11.9 Å². The topological polar surface area (TPSA) is 66.1 Å². The molecule has 32 heavy (non-hydrogen) atoms. The summed E-state index contributed by atoms with van der Waals surface area (Å²) in [5.74, 6) is 1.90. The molecule has 0 radical (unpaired) electrons. The Morgan fingerprint density at radius 1 is 1.00 bits per heavy atom. The number of aromatic nitrogens is 3. The first kappa shape index (κ1) is 20.8. The summed E-state index contributed by atoms with van der Waals surface area (Å²) < 4.78 is 8.93. The van der Waals surface area contributed by atoms with Gasteiger partial charge in [0.15, 0.2) is 0 Å². The molecule has 7 heteroatoms. The van der Waals surface area contributed by atoms with Gasteiger partial charge < -0.3 is 19.3 Å². The summed E-state index contributed by atoms with van der Waals surface area (Å²) in [7, 11) is 0. The number of benzene rings is 2. The number of hydrogen-bond acceptors (Lipinski definition) is 6. The molecule has 2 aromatic heterocycles. The zero-order chi connectivity index (χ0) is 21.8. The van der Waals surface area contributed by atoms with Crippen molar-refractivity contribution < 1.29 is 4.74 Å². The Kier molecular flexibility index (Phi) is 6.27. The van der Waals surface area contributed by atoms with Gasteiger partial charge in [0.05, 0.1) is 18.6 Å². The monoisotopic (exact) mass is 445 g/mol. The van der Waals surface area contributed by atoms with Gasteiger partial charge in [0.1, 0.15) is 17.8 Å². The van der Waals surface area contributed by atoms with Crippen molar-refractivity contribution in [3.05, 3.63) is 72.1 Å². The van der Waals surface area contributed by atoms with E-state index in [1.165, 1.54) is 11.1 Å². The number of rotatable bonds is 7. The summed E-state index contributed by atoms with van der Waals surface area (Å²) in [6, 6.07) is 19.5. The molecule has 1 aliphatic rings. The van der Waals surface area contributed by atoms with Crippen molar-refractivity contribution >= 4 is 34.5 Å². The number of aromatic amines is 1. The fourth-order valence-electron chi connectivity index (χ4n) is 3.90. The van der Waals surface area contributed by atoms with E-state index in [-0.39, 0.29) is 0 Å². The molecule has 1 fully saturated rings. The third-order valence-electron chi connectivity index (χ3n) is 5.77. The standard InChI is InChI=1S/C25H27N5OS/c1-2-18-3-5-19(6-4-18)16-32-29-21-9-7-20(8-10-21)23-15-22-24(28-23)26-17-27-25(22)30-11-13-31-14-12-30/h3-10,15,17,29H,2,11-14,16H2,1H3,(H,26,27,28). The normalized spacial score (nSPS) is 14.1. The molecule has 0 amide bonds. The molecule has 0 saturated carbocycles. The highest BCUT2D eigenvalue weighted by Gasteiger charge is 2.17. The minimum Gasteiger partial charge on any atom is -0.378 e. The van der Waals surface area contributed by atoms with E-state index in [4.69, 9.17) is 4.74 Å². The van der Waals surface area contributed by atoms with Crippen LogP contribution in [0.1, 0.15) is 18.1 Å². The Bertz CT molecular complexity index is 1170. The molecular weight excluding hydrogens is 418 g/mol. The maximum Gasteiger partial charge on any atom is 0.143 e. The SMILES string of the molecule is CCc1ccc(CSNc2ccc(-c3cc4c(N5CCOCC5)ncnc4[nH]3)cc2)cc1. The third kappa shape index (κ3) is 4.59. The second kappa shape index (κ2) is 9.63. The van der Waals surface area contributed by atoms with E-state index in [1.807, 2.05) is 0 Å². The summed E-state index contributed by atoms with van der Waals surface area (Å²) in [6.07, 6.45) is 2.71. The number of H-pyrrole nitrogens is 1. The molecule has 164 valence electrons. The smallest absolute Gasteiger partial charge is 0.143 e.